The molecule has 0 radical (unpaired) electrons. The van der Waals surface area contributed by atoms with Crippen molar-refractivity contribution in [2.45, 2.75) is 334 Å². The molecule has 0 saturated heterocycles. The highest BCUT2D eigenvalue weighted by Crippen LogP contribution is 2.17. The molecule has 0 aliphatic carbocycles. The lowest BCUT2D eigenvalue weighted by Crippen LogP contribution is -2.45. The number of rotatable bonds is 55. The molecule has 2 atom stereocenters. The van der Waals surface area contributed by atoms with E-state index in [2.05, 4.69) is 31.3 Å². The molecule has 0 heterocycles. The monoisotopic (exact) mass is 930 g/mol. The van der Waals surface area contributed by atoms with Crippen molar-refractivity contribution in [1.29, 1.82) is 0 Å². The van der Waals surface area contributed by atoms with Gasteiger partial charge in [0.2, 0.25) is 5.91 Å². The quantitative estimate of drug-likeness (QED) is 0.0321. The molecule has 0 aliphatic heterocycles. The number of carbonyl (C=O) groups excluding carboxylic acids is 2. The average Bonchev–Trinajstić information content (AvgIpc) is 3.32. The number of hydrogen-bond acceptors (Lipinski definition) is 5. The molecule has 0 saturated carbocycles. The standard InChI is InChI=1S/C60H115NO5/c1-3-5-7-9-11-13-15-17-19-26-30-34-38-42-46-50-54-60(65)66-55-51-47-43-39-35-31-27-24-22-20-21-23-25-29-33-37-41-45-49-53-59(64)61-57(56-62)58(63)52-48-44-40-36-32-28-18-16-14-12-10-8-6-4-2/h20-21,48,52,57-58,62-63H,3-19,22-47,49-51,53-56H2,1-2H3,(H,61,64)/b21-20-,52-48+. The van der Waals surface area contributed by atoms with E-state index in [-0.39, 0.29) is 18.5 Å². The van der Waals surface area contributed by atoms with Crippen LogP contribution in [0.3, 0.4) is 0 Å². The van der Waals surface area contributed by atoms with Gasteiger partial charge in [0.05, 0.1) is 25.4 Å². The number of esters is 1. The maximum atomic E-state index is 12.4. The Morgan fingerprint density at radius 3 is 1.08 bits per heavy atom. The van der Waals surface area contributed by atoms with Crippen LogP contribution in [-0.4, -0.2) is 47.4 Å². The zero-order valence-electron chi connectivity index (χ0n) is 44.4. The second kappa shape index (κ2) is 55.9. The predicted octanol–water partition coefficient (Wildman–Crippen LogP) is 18.2. The number of amides is 1. The zero-order chi connectivity index (χ0) is 47.9. The fourth-order valence-corrected chi connectivity index (χ4v) is 9.16. The minimum atomic E-state index is -0.850. The molecular weight excluding hydrogens is 815 g/mol. The SMILES string of the molecule is CCCCCCCCCCCCCC/C=C/C(O)C(CO)NC(=O)CCCCCCCCC/C=C\CCCCCCCCCCOC(=O)CCCCCCCCCCCCCCCCCC. The number of ether oxygens (including phenoxy) is 1. The summed E-state index contributed by atoms with van der Waals surface area (Å²) in [7, 11) is 0. The van der Waals surface area contributed by atoms with Gasteiger partial charge in [0, 0.05) is 12.8 Å². The highest BCUT2D eigenvalue weighted by molar-refractivity contribution is 5.76. The van der Waals surface area contributed by atoms with Crippen LogP contribution < -0.4 is 5.32 Å². The van der Waals surface area contributed by atoms with Crippen LogP contribution in [0, 0.1) is 0 Å². The third-order valence-electron chi connectivity index (χ3n) is 13.7. The lowest BCUT2D eigenvalue weighted by molar-refractivity contribution is -0.143. The van der Waals surface area contributed by atoms with Crippen LogP contribution in [-0.2, 0) is 14.3 Å². The van der Waals surface area contributed by atoms with Gasteiger partial charge in [-0.05, 0) is 57.8 Å². The van der Waals surface area contributed by atoms with Crippen molar-refractivity contribution >= 4 is 11.9 Å². The van der Waals surface area contributed by atoms with Crippen LogP contribution in [0.5, 0.6) is 0 Å². The molecule has 0 spiro atoms. The van der Waals surface area contributed by atoms with E-state index < -0.39 is 12.1 Å². The van der Waals surface area contributed by atoms with Crippen molar-refractivity contribution in [2.24, 2.45) is 0 Å². The van der Waals surface area contributed by atoms with Crippen LogP contribution in [0.4, 0.5) is 0 Å². The summed E-state index contributed by atoms with van der Waals surface area (Å²) in [5.41, 5.74) is 0. The molecule has 6 heteroatoms. The Hall–Kier alpha value is -1.66. The molecule has 390 valence electrons. The molecule has 1 amide bonds. The molecule has 0 bridgehead atoms. The molecule has 0 aromatic carbocycles. The number of hydrogen-bond donors (Lipinski definition) is 3. The molecule has 0 rings (SSSR count). The summed E-state index contributed by atoms with van der Waals surface area (Å²) >= 11 is 0. The maximum absolute atomic E-state index is 12.4. The predicted molar refractivity (Wildman–Crippen MR) is 287 cm³/mol. The van der Waals surface area contributed by atoms with Crippen molar-refractivity contribution in [3.63, 3.8) is 0 Å². The van der Waals surface area contributed by atoms with Crippen LogP contribution in [0.15, 0.2) is 24.3 Å². The van der Waals surface area contributed by atoms with Gasteiger partial charge in [0.1, 0.15) is 0 Å². The van der Waals surface area contributed by atoms with E-state index in [1.807, 2.05) is 6.08 Å². The molecule has 0 fully saturated rings. The minimum Gasteiger partial charge on any atom is -0.466 e. The summed E-state index contributed by atoms with van der Waals surface area (Å²) in [6, 6.07) is -0.634. The Balaban J connectivity index is 3.44. The lowest BCUT2D eigenvalue weighted by atomic mass is 10.0. The molecule has 0 aromatic rings. The third-order valence-corrected chi connectivity index (χ3v) is 13.7. The Bertz CT molecular complexity index is 1030. The lowest BCUT2D eigenvalue weighted by Gasteiger charge is -2.20. The first-order valence-electron chi connectivity index (χ1n) is 29.6. The van der Waals surface area contributed by atoms with Gasteiger partial charge < -0.3 is 20.3 Å². The summed E-state index contributed by atoms with van der Waals surface area (Å²) in [6.45, 7) is 4.91. The van der Waals surface area contributed by atoms with Gasteiger partial charge in [-0.3, -0.25) is 9.59 Å². The normalized spacial score (nSPS) is 12.7. The third kappa shape index (κ3) is 51.7. The minimum absolute atomic E-state index is 0.00676. The number of unbranched alkanes of at least 4 members (excludes halogenated alkanes) is 42. The number of aliphatic hydroxyl groups excluding tert-OH is 2. The van der Waals surface area contributed by atoms with Gasteiger partial charge >= 0.3 is 5.97 Å². The van der Waals surface area contributed by atoms with Crippen molar-refractivity contribution in [1.82, 2.24) is 5.32 Å². The zero-order valence-corrected chi connectivity index (χ0v) is 44.4. The number of nitrogens with one attached hydrogen (secondary N) is 1. The van der Waals surface area contributed by atoms with Crippen LogP contribution in [0.25, 0.3) is 0 Å². The highest BCUT2D eigenvalue weighted by Gasteiger charge is 2.18. The molecule has 2 unspecified atom stereocenters. The van der Waals surface area contributed by atoms with Crippen LogP contribution in [0.1, 0.15) is 322 Å². The van der Waals surface area contributed by atoms with Gasteiger partial charge in [0.15, 0.2) is 0 Å². The largest absolute Gasteiger partial charge is 0.466 e. The van der Waals surface area contributed by atoms with E-state index in [1.54, 1.807) is 6.08 Å². The van der Waals surface area contributed by atoms with E-state index in [4.69, 9.17) is 4.74 Å². The summed E-state index contributed by atoms with van der Waals surface area (Å²) < 4.78 is 5.48. The van der Waals surface area contributed by atoms with Crippen LogP contribution in [0.2, 0.25) is 0 Å². The van der Waals surface area contributed by atoms with Crippen molar-refractivity contribution in [3.8, 4) is 0 Å². The molecule has 6 nitrogen and oxygen atoms in total. The first kappa shape index (κ1) is 64.3. The summed E-state index contributed by atoms with van der Waals surface area (Å²) in [6.07, 6.45) is 67.7. The molecule has 3 N–H and O–H groups in total. The topological polar surface area (TPSA) is 95.9 Å². The maximum Gasteiger partial charge on any atom is 0.305 e. The van der Waals surface area contributed by atoms with Gasteiger partial charge in [-0.2, -0.15) is 0 Å². The second-order valence-electron chi connectivity index (χ2n) is 20.3. The fraction of sp³-hybridized carbons (Fsp3) is 0.900. The van der Waals surface area contributed by atoms with E-state index in [0.29, 0.717) is 19.4 Å². The summed E-state index contributed by atoms with van der Waals surface area (Å²) in [5, 5.41) is 23.1. The van der Waals surface area contributed by atoms with Crippen molar-refractivity contribution in [3.05, 3.63) is 24.3 Å². The molecule has 0 aliphatic rings. The van der Waals surface area contributed by atoms with Gasteiger partial charge in [0.25, 0.3) is 0 Å². The van der Waals surface area contributed by atoms with Crippen molar-refractivity contribution in [2.75, 3.05) is 13.2 Å². The molecule has 0 aromatic heterocycles. The van der Waals surface area contributed by atoms with Gasteiger partial charge in [-0.1, -0.05) is 276 Å². The van der Waals surface area contributed by atoms with E-state index in [9.17, 15) is 19.8 Å². The highest BCUT2D eigenvalue weighted by atomic mass is 16.5. The fourth-order valence-electron chi connectivity index (χ4n) is 9.16. The van der Waals surface area contributed by atoms with E-state index in [0.717, 1.165) is 44.9 Å². The Labute approximate surface area is 411 Å². The van der Waals surface area contributed by atoms with E-state index >= 15 is 0 Å². The van der Waals surface area contributed by atoms with Crippen molar-refractivity contribution < 1.29 is 24.5 Å². The first-order chi connectivity index (χ1) is 32.5. The first-order valence-corrected chi connectivity index (χ1v) is 29.6. The Morgan fingerprint density at radius 1 is 0.409 bits per heavy atom. The van der Waals surface area contributed by atoms with Gasteiger partial charge in [-0.15, -0.1) is 0 Å². The summed E-state index contributed by atoms with van der Waals surface area (Å²) in [5.74, 6) is -0.0699. The number of aliphatic hydroxyl groups is 2. The molecule has 66 heavy (non-hydrogen) atoms. The second-order valence-corrected chi connectivity index (χ2v) is 20.3. The van der Waals surface area contributed by atoms with Gasteiger partial charge in [-0.25, -0.2) is 0 Å². The smallest absolute Gasteiger partial charge is 0.305 e. The summed E-state index contributed by atoms with van der Waals surface area (Å²) in [4.78, 5) is 24.5. The molecular formula is C60H115NO5. The van der Waals surface area contributed by atoms with E-state index in [1.165, 1.54) is 250 Å². The van der Waals surface area contributed by atoms with Crippen LogP contribution >= 0.6 is 0 Å². The Morgan fingerprint density at radius 2 is 0.712 bits per heavy atom. The Kier molecular flexibility index (Phi) is 54.5. The number of allylic oxidation sites excluding steroid dienone is 3. The number of carbonyl (C=O) groups is 2. The average molecular weight is 931 g/mol.